The molecule has 1 aliphatic heterocycles. The van der Waals surface area contributed by atoms with Crippen molar-refractivity contribution in [2.45, 2.75) is 6.42 Å². The molecule has 1 saturated heterocycles. The van der Waals surface area contributed by atoms with Gasteiger partial charge in [-0.05, 0) is 0 Å². The fourth-order valence-electron chi connectivity index (χ4n) is 0.566. The Labute approximate surface area is 75.0 Å². The first-order valence-electron chi connectivity index (χ1n) is 2.35. The molecule has 4 heteroatoms. The molecule has 0 unspecified atom stereocenters. The van der Waals surface area contributed by atoms with Crippen LogP contribution in [-0.4, -0.2) is 47.2 Å². The SMILES string of the molecule is O=C1OCCC1=CO.[Na]. The van der Waals surface area contributed by atoms with Crippen LogP contribution in [0.3, 0.4) is 0 Å². The molecule has 0 saturated carbocycles. The summed E-state index contributed by atoms with van der Waals surface area (Å²) in [6, 6.07) is 0. The van der Waals surface area contributed by atoms with Gasteiger partial charge in [-0.3, -0.25) is 0 Å². The number of aliphatic hydroxyl groups excluding tert-OH is 1. The van der Waals surface area contributed by atoms with Crippen LogP contribution < -0.4 is 0 Å². The van der Waals surface area contributed by atoms with Gasteiger partial charge in [-0.15, -0.1) is 0 Å². The molecule has 45 valence electrons. The molecule has 1 aliphatic rings. The summed E-state index contributed by atoms with van der Waals surface area (Å²) in [5.41, 5.74) is 0.366. The molecule has 0 amide bonds. The maximum Gasteiger partial charge on any atom is 0.337 e. The van der Waals surface area contributed by atoms with E-state index >= 15 is 0 Å². The standard InChI is InChI=1S/C5H6O3.Na/c6-3-4-1-2-8-5(4)7;/h3,6H,1-2H2;. The number of cyclic esters (lactones) is 1. The van der Waals surface area contributed by atoms with Crippen molar-refractivity contribution < 1.29 is 14.6 Å². The van der Waals surface area contributed by atoms with Gasteiger partial charge in [0, 0.05) is 36.0 Å². The molecule has 3 nitrogen and oxygen atoms in total. The van der Waals surface area contributed by atoms with Gasteiger partial charge in [-0.25, -0.2) is 4.79 Å². The summed E-state index contributed by atoms with van der Waals surface area (Å²) in [4.78, 5) is 10.4. The fraction of sp³-hybridized carbons (Fsp3) is 0.400. The topological polar surface area (TPSA) is 46.5 Å². The van der Waals surface area contributed by atoms with Crippen molar-refractivity contribution in [1.82, 2.24) is 0 Å². The van der Waals surface area contributed by atoms with Crippen molar-refractivity contribution in [2.24, 2.45) is 0 Å². The van der Waals surface area contributed by atoms with Crippen molar-refractivity contribution >= 4 is 35.5 Å². The van der Waals surface area contributed by atoms with Crippen LogP contribution in [0, 0.1) is 0 Å². The van der Waals surface area contributed by atoms with Gasteiger partial charge in [0.2, 0.25) is 0 Å². The minimum atomic E-state index is -0.396. The molecule has 1 fully saturated rings. The van der Waals surface area contributed by atoms with E-state index in [9.17, 15) is 4.79 Å². The van der Waals surface area contributed by atoms with E-state index in [0.29, 0.717) is 18.6 Å². The molecular weight excluding hydrogens is 131 g/mol. The van der Waals surface area contributed by atoms with Crippen LogP contribution in [0.15, 0.2) is 11.8 Å². The van der Waals surface area contributed by atoms with Crippen molar-refractivity contribution in [1.29, 1.82) is 0 Å². The summed E-state index contributed by atoms with van der Waals surface area (Å²) in [5, 5.41) is 8.27. The van der Waals surface area contributed by atoms with Crippen molar-refractivity contribution in [3.8, 4) is 0 Å². The molecule has 1 rings (SSSR count). The summed E-state index contributed by atoms with van der Waals surface area (Å²) >= 11 is 0. The Morgan fingerprint density at radius 1 is 1.67 bits per heavy atom. The van der Waals surface area contributed by atoms with E-state index in [1.807, 2.05) is 0 Å². The largest absolute Gasteiger partial charge is 0.515 e. The third-order valence-electron chi connectivity index (χ3n) is 1.02. The van der Waals surface area contributed by atoms with Crippen LogP contribution >= 0.6 is 0 Å². The molecule has 0 aromatic heterocycles. The average Bonchev–Trinajstić information content (AvgIpc) is 2.14. The molecular formula is C5H6NaO3. The predicted molar refractivity (Wildman–Crippen MR) is 32.0 cm³/mol. The summed E-state index contributed by atoms with van der Waals surface area (Å²) in [6.45, 7) is 0.408. The minimum Gasteiger partial charge on any atom is -0.515 e. The zero-order valence-electron chi connectivity index (χ0n) is 5.26. The summed E-state index contributed by atoms with van der Waals surface area (Å²) < 4.78 is 4.49. The number of carbonyl (C=O) groups excluding carboxylic acids is 1. The Bertz CT molecular complexity index is 141. The first kappa shape index (κ1) is 9.01. The van der Waals surface area contributed by atoms with Gasteiger partial charge < -0.3 is 9.84 Å². The second-order valence-electron chi connectivity index (χ2n) is 1.54. The van der Waals surface area contributed by atoms with E-state index in [-0.39, 0.29) is 29.6 Å². The van der Waals surface area contributed by atoms with E-state index < -0.39 is 5.97 Å². The molecule has 0 atom stereocenters. The fourth-order valence-corrected chi connectivity index (χ4v) is 0.566. The Kier molecular flexibility index (Phi) is 3.93. The normalized spacial score (nSPS) is 21.3. The van der Waals surface area contributed by atoms with Crippen LogP contribution in [0.4, 0.5) is 0 Å². The van der Waals surface area contributed by atoms with Gasteiger partial charge in [0.1, 0.15) is 0 Å². The molecule has 0 aliphatic carbocycles. The molecule has 0 aromatic rings. The van der Waals surface area contributed by atoms with E-state index in [1.54, 1.807) is 0 Å². The number of carbonyl (C=O) groups is 1. The molecule has 0 bridgehead atoms. The third kappa shape index (κ3) is 2.01. The number of hydrogen-bond donors (Lipinski definition) is 1. The van der Waals surface area contributed by atoms with Gasteiger partial charge in [0.15, 0.2) is 0 Å². The minimum absolute atomic E-state index is 0. The van der Waals surface area contributed by atoms with Crippen molar-refractivity contribution in [3.05, 3.63) is 11.8 Å². The van der Waals surface area contributed by atoms with Crippen molar-refractivity contribution in [2.75, 3.05) is 6.61 Å². The summed E-state index contributed by atoms with van der Waals surface area (Å²) in [6.07, 6.45) is 1.34. The molecule has 9 heavy (non-hydrogen) atoms. The van der Waals surface area contributed by atoms with Crippen molar-refractivity contribution in [3.63, 3.8) is 0 Å². The number of ether oxygens (including phenoxy) is 1. The van der Waals surface area contributed by atoms with Gasteiger partial charge in [0.25, 0.3) is 0 Å². The number of hydrogen-bond acceptors (Lipinski definition) is 3. The van der Waals surface area contributed by atoms with Gasteiger partial charge in [-0.1, -0.05) is 0 Å². The van der Waals surface area contributed by atoms with Crippen LogP contribution in [0.2, 0.25) is 0 Å². The molecule has 1 radical (unpaired) electrons. The molecule has 0 aromatic carbocycles. The monoisotopic (exact) mass is 137 g/mol. The second-order valence-corrected chi connectivity index (χ2v) is 1.54. The Hall–Kier alpha value is 0.0100. The molecule has 1 heterocycles. The maximum absolute atomic E-state index is 10.4. The molecule has 0 spiro atoms. The van der Waals surface area contributed by atoms with Crippen LogP contribution in [0.1, 0.15) is 6.42 Å². The summed E-state index contributed by atoms with van der Waals surface area (Å²) in [7, 11) is 0. The van der Waals surface area contributed by atoms with Gasteiger partial charge in [-0.2, -0.15) is 0 Å². The number of aliphatic hydroxyl groups is 1. The van der Waals surface area contributed by atoms with Crippen LogP contribution in [-0.2, 0) is 9.53 Å². The van der Waals surface area contributed by atoms with Crippen LogP contribution in [0.25, 0.3) is 0 Å². The Morgan fingerprint density at radius 2 is 2.33 bits per heavy atom. The van der Waals surface area contributed by atoms with E-state index in [1.165, 1.54) is 0 Å². The van der Waals surface area contributed by atoms with Crippen LogP contribution in [0.5, 0.6) is 0 Å². The van der Waals surface area contributed by atoms with Gasteiger partial charge >= 0.3 is 5.97 Å². The van der Waals surface area contributed by atoms with Gasteiger partial charge in [0.05, 0.1) is 18.4 Å². The maximum atomic E-state index is 10.4. The Morgan fingerprint density at radius 3 is 2.56 bits per heavy atom. The van der Waals surface area contributed by atoms with E-state index in [4.69, 9.17) is 5.11 Å². The van der Waals surface area contributed by atoms with E-state index in [2.05, 4.69) is 4.74 Å². The average molecular weight is 137 g/mol. The first-order chi connectivity index (χ1) is 3.84. The third-order valence-corrected chi connectivity index (χ3v) is 1.02. The molecule has 1 N–H and O–H groups in total. The Balaban J connectivity index is 0.000000640. The second kappa shape index (κ2) is 3.93. The smallest absolute Gasteiger partial charge is 0.337 e. The zero-order valence-corrected chi connectivity index (χ0v) is 7.26. The summed E-state index contributed by atoms with van der Waals surface area (Å²) in [5.74, 6) is -0.396. The van der Waals surface area contributed by atoms with E-state index in [0.717, 1.165) is 6.26 Å². The number of esters is 1. The zero-order chi connectivity index (χ0) is 5.98. The first-order valence-corrected chi connectivity index (χ1v) is 2.35. The quantitative estimate of drug-likeness (QED) is 0.221. The number of rotatable bonds is 0. The predicted octanol–water partition coefficient (Wildman–Crippen LogP) is -0.00560.